The van der Waals surface area contributed by atoms with Crippen molar-refractivity contribution in [1.82, 2.24) is 9.38 Å². The molecule has 26 heavy (non-hydrogen) atoms. The minimum atomic E-state index is 0.230. The van der Waals surface area contributed by atoms with Crippen molar-refractivity contribution < 1.29 is 5.11 Å². The highest BCUT2D eigenvalue weighted by Crippen LogP contribution is 2.34. The van der Waals surface area contributed by atoms with Crippen LogP contribution in [0.3, 0.4) is 0 Å². The van der Waals surface area contributed by atoms with Crippen LogP contribution in [0.15, 0.2) is 60.8 Å². The van der Waals surface area contributed by atoms with Crippen LogP contribution in [0.2, 0.25) is 0 Å². The molecule has 0 bridgehead atoms. The van der Waals surface area contributed by atoms with Gasteiger partial charge in [-0.2, -0.15) is 0 Å². The Morgan fingerprint density at radius 3 is 2.58 bits per heavy atom. The highest BCUT2D eigenvalue weighted by molar-refractivity contribution is 5.81. The van der Waals surface area contributed by atoms with Crippen LogP contribution < -0.4 is 5.32 Å². The summed E-state index contributed by atoms with van der Waals surface area (Å²) < 4.78 is 2.05. The summed E-state index contributed by atoms with van der Waals surface area (Å²) in [5, 5.41) is 13.5. The van der Waals surface area contributed by atoms with Gasteiger partial charge in [0.2, 0.25) is 0 Å². The van der Waals surface area contributed by atoms with Crippen LogP contribution in [0.4, 0.5) is 11.5 Å². The first kappa shape index (κ1) is 16.2. The summed E-state index contributed by atoms with van der Waals surface area (Å²) in [4.78, 5) is 4.82. The standard InChI is InChI=1S/C22H21N3O/c1-14-10-11-25-20(12-14)24-21(17-7-5-8-18(26)13-17)22(25)23-19-9-4-6-15(2)16(19)3/h4-13,23,26H,1-3H3. The van der Waals surface area contributed by atoms with Gasteiger partial charge in [0, 0.05) is 17.4 Å². The molecule has 0 atom stereocenters. The van der Waals surface area contributed by atoms with Gasteiger partial charge in [-0.25, -0.2) is 4.98 Å². The van der Waals surface area contributed by atoms with Gasteiger partial charge in [-0.15, -0.1) is 0 Å². The Labute approximate surface area is 152 Å². The molecule has 4 heteroatoms. The average molecular weight is 343 g/mol. The quantitative estimate of drug-likeness (QED) is 0.525. The van der Waals surface area contributed by atoms with E-state index < -0.39 is 0 Å². The number of aryl methyl sites for hydroxylation is 2. The number of imidazole rings is 1. The number of fused-ring (bicyclic) bond motifs is 1. The van der Waals surface area contributed by atoms with Gasteiger partial charge in [-0.05, 0) is 67.8 Å². The van der Waals surface area contributed by atoms with Crippen molar-refractivity contribution in [3.63, 3.8) is 0 Å². The summed E-state index contributed by atoms with van der Waals surface area (Å²) in [6, 6.07) is 17.5. The minimum Gasteiger partial charge on any atom is -0.508 e. The summed E-state index contributed by atoms with van der Waals surface area (Å²) in [6.07, 6.45) is 2.03. The van der Waals surface area contributed by atoms with Crippen molar-refractivity contribution >= 4 is 17.2 Å². The summed E-state index contributed by atoms with van der Waals surface area (Å²) in [6.45, 7) is 6.27. The smallest absolute Gasteiger partial charge is 0.143 e. The molecule has 0 unspecified atom stereocenters. The van der Waals surface area contributed by atoms with Gasteiger partial charge in [0.1, 0.15) is 22.9 Å². The molecule has 0 aliphatic carbocycles. The van der Waals surface area contributed by atoms with E-state index in [1.54, 1.807) is 12.1 Å². The fourth-order valence-electron chi connectivity index (χ4n) is 3.13. The first-order valence-electron chi connectivity index (χ1n) is 8.64. The van der Waals surface area contributed by atoms with Crippen LogP contribution in [0.25, 0.3) is 16.9 Å². The van der Waals surface area contributed by atoms with Gasteiger partial charge in [0.15, 0.2) is 0 Å². The zero-order chi connectivity index (χ0) is 18.3. The predicted molar refractivity (Wildman–Crippen MR) is 106 cm³/mol. The first-order chi connectivity index (χ1) is 12.5. The van der Waals surface area contributed by atoms with E-state index in [0.717, 1.165) is 34.0 Å². The predicted octanol–water partition coefficient (Wildman–Crippen LogP) is 5.38. The lowest BCUT2D eigenvalue weighted by atomic mass is 10.1. The second-order valence-corrected chi connectivity index (χ2v) is 6.66. The lowest BCUT2D eigenvalue weighted by Gasteiger charge is -2.13. The molecule has 130 valence electrons. The number of phenolic OH excluding ortho intramolecular Hbond substituents is 1. The lowest BCUT2D eigenvalue weighted by Crippen LogP contribution is -1.99. The Balaban J connectivity index is 1.94. The van der Waals surface area contributed by atoms with E-state index in [1.807, 2.05) is 28.8 Å². The average Bonchev–Trinajstić information content (AvgIpc) is 2.96. The molecule has 0 saturated heterocycles. The summed E-state index contributed by atoms with van der Waals surface area (Å²) in [7, 11) is 0. The minimum absolute atomic E-state index is 0.230. The molecule has 4 rings (SSSR count). The molecule has 0 amide bonds. The van der Waals surface area contributed by atoms with E-state index in [4.69, 9.17) is 4.98 Å². The van der Waals surface area contributed by atoms with Gasteiger partial charge >= 0.3 is 0 Å². The van der Waals surface area contributed by atoms with Crippen LogP contribution >= 0.6 is 0 Å². The van der Waals surface area contributed by atoms with Gasteiger partial charge in [-0.3, -0.25) is 4.40 Å². The molecule has 2 aromatic carbocycles. The van der Waals surface area contributed by atoms with Crippen molar-refractivity contribution in [1.29, 1.82) is 0 Å². The van der Waals surface area contributed by atoms with Crippen LogP contribution in [0.1, 0.15) is 16.7 Å². The van der Waals surface area contributed by atoms with E-state index in [-0.39, 0.29) is 5.75 Å². The second kappa shape index (κ2) is 6.23. The van der Waals surface area contributed by atoms with Crippen molar-refractivity contribution in [3.05, 3.63) is 77.5 Å². The molecule has 2 N–H and O–H groups in total. The van der Waals surface area contributed by atoms with E-state index in [1.165, 1.54) is 11.1 Å². The van der Waals surface area contributed by atoms with Crippen molar-refractivity contribution in [2.45, 2.75) is 20.8 Å². The molecule has 0 radical (unpaired) electrons. The number of rotatable bonds is 3. The third kappa shape index (κ3) is 2.80. The third-order valence-corrected chi connectivity index (χ3v) is 4.76. The Morgan fingerprint density at radius 1 is 0.962 bits per heavy atom. The number of pyridine rings is 1. The van der Waals surface area contributed by atoms with Crippen LogP contribution in [0, 0.1) is 20.8 Å². The number of aromatic nitrogens is 2. The van der Waals surface area contributed by atoms with Crippen LogP contribution in [-0.2, 0) is 0 Å². The molecule has 0 aliphatic rings. The van der Waals surface area contributed by atoms with E-state index in [9.17, 15) is 5.11 Å². The number of nitrogens with zero attached hydrogens (tertiary/aromatic N) is 2. The number of anilines is 2. The number of phenols is 1. The van der Waals surface area contributed by atoms with Gasteiger partial charge < -0.3 is 10.4 Å². The molecular formula is C22H21N3O. The number of benzene rings is 2. The first-order valence-corrected chi connectivity index (χ1v) is 8.64. The van der Waals surface area contributed by atoms with Crippen molar-refractivity contribution in [3.8, 4) is 17.0 Å². The van der Waals surface area contributed by atoms with Gasteiger partial charge in [0.25, 0.3) is 0 Å². The van der Waals surface area contributed by atoms with Gasteiger partial charge in [0.05, 0.1) is 0 Å². The molecule has 2 heterocycles. The van der Waals surface area contributed by atoms with Crippen LogP contribution in [-0.4, -0.2) is 14.5 Å². The Bertz CT molecular complexity index is 1110. The Kier molecular flexibility index (Phi) is 3.88. The zero-order valence-electron chi connectivity index (χ0n) is 15.1. The lowest BCUT2D eigenvalue weighted by molar-refractivity contribution is 0.475. The maximum atomic E-state index is 9.90. The van der Waals surface area contributed by atoms with Crippen molar-refractivity contribution in [2.75, 3.05) is 5.32 Å². The van der Waals surface area contributed by atoms with E-state index in [0.29, 0.717) is 0 Å². The van der Waals surface area contributed by atoms with Crippen LogP contribution in [0.5, 0.6) is 5.75 Å². The van der Waals surface area contributed by atoms with Gasteiger partial charge in [-0.1, -0.05) is 24.3 Å². The maximum Gasteiger partial charge on any atom is 0.143 e. The fraction of sp³-hybridized carbons (Fsp3) is 0.136. The molecule has 0 saturated carbocycles. The monoisotopic (exact) mass is 343 g/mol. The Hall–Kier alpha value is -3.27. The fourth-order valence-corrected chi connectivity index (χ4v) is 3.13. The molecule has 0 spiro atoms. The number of aromatic hydroxyl groups is 1. The number of hydrogen-bond acceptors (Lipinski definition) is 3. The highest BCUT2D eigenvalue weighted by Gasteiger charge is 2.16. The third-order valence-electron chi connectivity index (χ3n) is 4.76. The summed E-state index contributed by atoms with van der Waals surface area (Å²) in [5.74, 6) is 1.12. The highest BCUT2D eigenvalue weighted by atomic mass is 16.3. The van der Waals surface area contributed by atoms with E-state index >= 15 is 0 Å². The second-order valence-electron chi connectivity index (χ2n) is 6.66. The molecule has 4 aromatic rings. The molecular weight excluding hydrogens is 322 g/mol. The SMILES string of the molecule is Cc1ccn2c(Nc3cccc(C)c3C)c(-c3cccc(O)c3)nc2c1. The molecule has 4 nitrogen and oxygen atoms in total. The summed E-state index contributed by atoms with van der Waals surface area (Å²) >= 11 is 0. The Morgan fingerprint density at radius 2 is 1.77 bits per heavy atom. The normalized spacial score (nSPS) is 11.0. The molecule has 0 fully saturated rings. The number of nitrogens with one attached hydrogen (secondary N) is 1. The van der Waals surface area contributed by atoms with Crippen molar-refractivity contribution in [2.24, 2.45) is 0 Å². The zero-order valence-corrected chi connectivity index (χ0v) is 15.1. The maximum absolute atomic E-state index is 9.90. The molecule has 0 aliphatic heterocycles. The number of hydrogen-bond donors (Lipinski definition) is 2. The topological polar surface area (TPSA) is 49.6 Å². The van der Waals surface area contributed by atoms with E-state index in [2.05, 4.69) is 50.4 Å². The summed E-state index contributed by atoms with van der Waals surface area (Å²) in [5.41, 5.74) is 7.20. The molecule has 2 aromatic heterocycles. The largest absolute Gasteiger partial charge is 0.508 e.